The van der Waals surface area contributed by atoms with Gasteiger partial charge < -0.3 is 9.87 Å². The zero-order chi connectivity index (χ0) is 12.6. The molecule has 2 unspecified atom stereocenters. The van der Waals surface area contributed by atoms with Crippen molar-refractivity contribution in [1.29, 1.82) is 0 Å². The van der Waals surface area contributed by atoms with E-state index in [1.807, 2.05) is 0 Å². The van der Waals surface area contributed by atoms with Gasteiger partial charge in [0.25, 0.3) is 0 Å². The number of hydrogen-bond donors (Lipinski definition) is 1. The third kappa shape index (κ3) is 2.55. The lowest BCUT2D eigenvalue weighted by molar-refractivity contribution is -0.137. The average Bonchev–Trinajstić information content (AvgIpc) is 2.23. The van der Waals surface area contributed by atoms with Gasteiger partial charge in [0.05, 0.1) is 12.0 Å². The number of halogens is 3. The fourth-order valence-corrected chi connectivity index (χ4v) is 2.67. The van der Waals surface area contributed by atoms with Crippen LogP contribution in [0, 0.1) is 0 Å². The van der Waals surface area contributed by atoms with E-state index in [1.165, 1.54) is 12.1 Å². The minimum absolute atomic E-state index is 0.146. The topological polar surface area (TPSA) is 52.2 Å². The molecule has 1 aliphatic rings. The van der Waals surface area contributed by atoms with Gasteiger partial charge in [0.15, 0.2) is 4.90 Å². The maximum absolute atomic E-state index is 12.3. The van der Waals surface area contributed by atoms with Crippen molar-refractivity contribution in [3.8, 4) is 0 Å². The molecule has 17 heavy (non-hydrogen) atoms. The highest BCUT2D eigenvalue weighted by molar-refractivity contribution is 7.92. The Morgan fingerprint density at radius 1 is 1.29 bits per heavy atom. The van der Waals surface area contributed by atoms with Crippen molar-refractivity contribution in [1.82, 2.24) is 5.32 Å². The third-order valence-electron chi connectivity index (χ3n) is 2.37. The van der Waals surface area contributed by atoms with Gasteiger partial charge >= 0.3 is 6.18 Å². The van der Waals surface area contributed by atoms with Gasteiger partial charge in [-0.3, -0.25) is 4.79 Å². The van der Waals surface area contributed by atoms with Crippen LogP contribution in [0.1, 0.15) is 12.0 Å². The molecule has 92 valence electrons. The van der Waals surface area contributed by atoms with Crippen LogP contribution in [0.15, 0.2) is 29.2 Å². The monoisotopic (exact) mass is 263 g/mol. The second kappa shape index (κ2) is 4.23. The van der Waals surface area contributed by atoms with Gasteiger partial charge in [0.2, 0.25) is 11.3 Å². The second-order valence-corrected chi connectivity index (χ2v) is 5.22. The van der Waals surface area contributed by atoms with E-state index in [0.29, 0.717) is 0 Å². The number of alkyl halides is 3. The molecule has 0 radical (unpaired) electrons. The van der Waals surface area contributed by atoms with Crippen LogP contribution in [0.25, 0.3) is 0 Å². The minimum Gasteiger partial charge on any atom is -0.610 e. The standard InChI is InChI=1S/C10H8F3NO2S/c11-10(12,13)6-1-3-7(4-2-6)17(16)9-5-8(15)14-9/h1-4,9H,5H2,(H,14,15). The van der Waals surface area contributed by atoms with Gasteiger partial charge in [-0.15, -0.1) is 0 Å². The van der Waals surface area contributed by atoms with Crippen molar-refractivity contribution in [2.24, 2.45) is 0 Å². The minimum atomic E-state index is -4.40. The summed E-state index contributed by atoms with van der Waals surface area (Å²) in [6.07, 6.45) is -4.25. The summed E-state index contributed by atoms with van der Waals surface area (Å²) < 4.78 is 48.6. The largest absolute Gasteiger partial charge is 0.610 e. The molecule has 1 aromatic rings. The van der Waals surface area contributed by atoms with Crippen molar-refractivity contribution >= 4 is 17.1 Å². The molecule has 0 aliphatic carbocycles. The molecule has 7 heteroatoms. The average molecular weight is 263 g/mol. The molecule has 3 nitrogen and oxygen atoms in total. The molecular formula is C10H8F3NO2S. The van der Waals surface area contributed by atoms with E-state index in [4.69, 9.17) is 0 Å². The molecule has 1 aromatic carbocycles. The molecule has 1 fully saturated rings. The number of hydrogen-bond acceptors (Lipinski definition) is 2. The van der Waals surface area contributed by atoms with E-state index >= 15 is 0 Å². The van der Waals surface area contributed by atoms with Gasteiger partial charge in [0.1, 0.15) is 0 Å². The number of carbonyl (C=O) groups is 1. The highest BCUT2D eigenvalue weighted by atomic mass is 32.2. The van der Waals surface area contributed by atoms with Crippen LogP contribution in [-0.2, 0) is 22.1 Å². The van der Waals surface area contributed by atoms with E-state index in [1.54, 1.807) is 0 Å². The zero-order valence-corrected chi connectivity index (χ0v) is 9.27. The molecule has 0 saturated carbocycles. The van der Waals surface area contributed by atoms with Gasteiger partial charge in [0, 0.05) is 11.2 Å². The molecule has 0 bridgehead atoms. The molecule has 1 saturated heterocycles. The Balaban J connectivity index is 2.10. The molecule has 2 atom stereocenters. The first-order valence-electron chi connectivity index (χ1n) is 4.75. The molecule has 0 aromatic heterocycles. The highest BCUT2D eigenvalue weighted by Gasteiger charge is 2.37. The van der Waals surface area contributed by atoms with E-state index in [0.717, 1.165) is 12.1 Å². The van der Waals surface area contributed by atoms with Crippen molar-refractivity contribution in [3.05, 3.63) is 29.8 Å². The summed E-state index contributed by atoms with van der Waals surface area (Å²) >= 11 is -1.50. The first kappa shape index (κ1) is 12.3. The Kier molecular flexibility index (Phi) is 3.05. The van der Waals surface area contributed by atoms with Gasteiger partial charge in [-0.05, 0) is 24.3 Å². The maximum atomic E-state index is 12.3. The van der Waals surface area contributed by atoms with Crippen molar-refractivity contribution in [2.45, 2.75) is 22.9 Å². The zero-order valence-electron chi connectivity index (χ0n) is 8.45. The SMILES string of the molecule is O=C1CC([S+]([O-])c2ccc(C(F)(F)F)cc2)N1. The number of rotatable bonds is 2. The van der Waals surface area contributed by atoms with Crippen molar-refractivity contribution in [3.63, 3.8) is 0 Å². The van der Waals surface area contributed by atoms with Crippen LogP contribution < -0.4 is 5.32 Å². The molecule has 1 aliphatic heterocycles. The lowest BCUT2D eigenvalue weighted by Crippen LogP contribution is -2.52. The molecule has 1 heterocycles. The molecule has 0 spiro atoms. The first-order chi connectivity index (χ1) is 7.88. The Morgan fingerprint density at radius 3 is 2.24 bits per heavy atom. The summed E-state index contributed by atoms with van der Waals surface area (Å²) in [7, 11) is 0. The number of benzene rings is 1. The van der Waals surface area contributed by atoms with E-state index in [9.17, 15) is 22.5 Å². The Morgan fingerprint density at radius 2 is 1.82 bits per heavy atom. The lowest BCUT2D eigenvalue weighted by Gasteiger charge is -2.28. The number of amides is 1. The fourth-order valence-electron chi connectivity index (χ4n) is 1.40. The van der Waals surface area contributed by atoms with Crippen LogP contribution in [0.3, 0.4) is 0 Å². The van der Waals surface area contributed by atoms with Crippen LogP contribution >= 0.6 is 0 Å². The van der Waals surface area contributed by atoms with Crippen LogP contribution in [-0.4, -0.2) is 15.8 Å². The molecule has 1 amide bonds. The Bertz CT molecular complexity index is 424. The Labute approximate surface area is 98.2 Å². The number of β-lactam (4-membered cyclic amide) rings is 1. The summed E-state index contributed by atoms with van der Waals surface area (Å²) in [4.78, 5) is 10.9. The number of nitrogens with one attached hydrogen (secondary N) is 1. The third-order valence-corrected chi connectivity index (χ3v) is 3.90. The van der Waals surface area contributed by atoms with Gasteiger partial charge in [-0.1, -0.05) is 0 Å². The number of carbonyl (C=O) groups excluding carboxylic acids is 1. The Hall–Kier alpha value is -1.21. The van der Waals surface area contributed by atoms with E-state index in [-0.39, 0.29) is 17.2 Å². The van der Waals surface area contributed by atoms with Gasteiger partial charge in [-0.25, -0.2) is 0 Å². The summed E-state index contributed by atoms with van der Waals surface area (Å²) in [6.45, 7) is 0. The van der Waals surface area contributed by atoms with Gasteiger partial charge in [-0.2, -0.15) is 13.2 Å². The van der Waals surface area contributed by atoms with Crippen LogP contribution in [0.2, 0.25) is 0 Å². The molecule has 2 rings (SSSR count). The maximum Gasteiger partial charge on any atom is 0.416 e. The summed E-state index contributed by atoms with van der Waals surface area (Å²) in [6, 6.07) is 4.11. The summed E-state index contributed by atoms with van der Waals surface area (Å²) in [5.41, 5.74) is -0.782. The smallest absolute Gasteiger partial charge is 0.416 e. The fraction of sp³-hybridized carbons (Fsp3) is 0.300. The second-order valence-electron chi connectivity index (χ2n) is 3.58. The predicted molar refractivity (Wildman–Crippen MR) is 54.4 cm³/mol. The quantitative estimate of drug-likeness (QED) is 0.651. The van der Waals surface area contributed by atoms with Crippen molar-refractivity contribution < 1.29 is 22.5 Å². The molecule has 1 N–H and O–H groups in total. The lowest BCUT2D eigenvalue weighted by atomic mass is 10.2. The van der Waals surface area contributed by atoms with Crippen LogP contribution in [0.4, 0.5) is 13.2 Å². The van der Waals surface area contributed by atoms with Crippen LogP contribution in [0.5, 0.6) is 0 Å². The first-order valence-corrected chi connectivity index (χ1v) is 5.96. The summed E-state index contributed by atoms with van der Waals surface area (Å²) in [5.74, 6) is -0.199. The van der Waals surface area contributed by atoms with Crippen molar-refractivity contribution in [2.75, 3.05) is 0 Å². The predicted octanol–water partition coefficient (Wildman–Crippen LogP) is 1.66. The van der Waals surface area contributed by atoms with E-state index < -0.39 is 28.3 Å². The summed E-state index contributed by atoms with van der Waals surface area (Å²) in [5, 5.41) is 1.94. The van der Waals surface area contributed by atoms with E-state index in [2.05, 4.69) is 5.32 Å². The molecular weight excluding hydrogens is 255 g/mol. The normalized spacial score (nSPS) is 21.6. The highest BCUT2D eigenvalue weighted by Crippen LogP contribution is 2.30.